The number of anilines is 1. The summed E-state index contributed by atoms with van der Waals surface area (Å²) in [7, 11) is -3.96. The molecule has 4 rings (SSSR count). The summed E-state index contributed by atoms with van der Waals surface area (Å²) in [4.78, 5) is 3.96. The lowest BCUT2D eigenvalue weighted by molar-refractivity contribution is 0.557. The third-order valence-corrected chi connectivity index (χ3v) is 6.00. The Kier molecular flexibility index (Phi) is 5.11. The monoisotopic (exact) mass is 497 g/mol. The van der Waals surface area contributed by atoms with Crippen molar-refractivity contribution in [3.05, 3.63) is 70.7 Å². The zero-order valence-electron chi connectivity index (χ0n) is 14.3. The van der Waals surface area contributed by atoms with Crippen LogP contribution in [0.2, 0.25) is 5.02 Å². The van der Waals surface area contributed by atoms with Gasteiger partial charge in [-0.2, -0.15) is 0 Å². The number of aromatic nitrogens is 4. The van der Waals surface area contributed by atoms with E-state index in [9.17, 15) is 12.8 Å². The number of pyridine rings is 1. The Bertz CT molecular complexity index is 1290. The van der Waals surface area contributed by atoms with Gasteiger partial charge in [0.15, 0.2) is 5.82 Å². The van der Waals surface area contributed by atoms with Gasteiger partial charge < -0.3 is 4.42 Å². The van der Waals surface area contributed by atoms with E-state index in [0.29, 0.717) is 11.3 Å². The van der Waals surface area contributed by atoms with E-state index in [1.807, 2.05) is 0 Å². The van der Waals surface area contributed by atoms with E-state index in [0.717, 1.165) is 21.5 Å². The van der Waals surface area contributed by atoms with Gasteiger partial charge in [-0.3, -0.25) is 9.71 Å². The second-order valence-electron chi connectivity index (χ2n) is 5.76. The molecule has 3 heterocycles. The first kappa shape index (κ1) is 19.6. The highest BCUT2D eigenvalue weighted by molar-refractivity contribution is 9.10. The average molecular weight is 499 g/mol. The number of hydrogen-bond acceptors (Lipinski definition) is 6. The average Bonchev–Trinajstić information content (AvgIpc) is 3.37. The van der Waals surface area contributed by atoms with Gasteiger partial charge in [-0.15, -0.1) is 5.10 Å². The van der Waals surface area contributed by atoms with E-state index in [2.05, 4.69) is 35.9 Å². The smallest absolute Gasteiger partial charge is 0.265 e. The van der Waals surface area contributed by atoms with Gasteiger partial charge in [0.05, 0.1) is 23.2 Å². The van der Waals surface area contributed by atoms with Crippen molar-refractivity contribution in [2.45, 2.75) is 4.90 Å². The molecule has 0 amide bonds. The molecule has 0 aliphatic carbocycles. The first-order valence-electron chi connectivity index (χ1n) is 7.92. The molecule has 4 aromatic rings. The molecular weight excluding hydrogens is 489 g/mol. The Morgan fingerprint density at radius 3 is 2.79 bits per heavy atom. The van der Waals surface area contributed by atoms with Gasteiger partial charge in [0.25, 0.3) is 10.0 Å². The number of halogens is 3. The summed E-state index contributed by atoms with van der Waals surface area (Å²) in [5, 5.41) is 7.74. The summed E-state index contributed by atoms with van der Waals surface area (Å²) < 4.78 is 48.3. The van der Waals surface area contributed by atoms with Gasteiger partial charge in [0.1, 0.15) is 22.5 Å². The fourth-order valence-electron chi connectivity index (χ4n) is 2.50. The standard InChI is InChI=1S/C17H10BrClFN5O3S/c18-11-5-10(6-21-7-11)15-8-25(24-22-15)17-13(20)1-2-14(16(17)19)23-29(26,27)12-3-4-28-9-12/h1-9,23H. The zero-order valence-corrected chi connectivity index (χ0v) is 17.4. The molecule has 0 unspecified atom stereocenters. The highest BCUT2D eigenvalue weighted by Gasteiger charge is 2.21. The van der Waals surface area contributed by atoms with Crippen LogP contribution in [0.3, 0.4) is 0 Å². The summed E-state index contributed by atoms with van der Waals surface area (Å²) in [6.45, 7) is 0. The van der Waals surface area contributed by atoms with E-state index in [4.69, 9.17) is 16.0 Å². The van der Waals surface area contributed by atoms with Crippen molar-refractivity contribution in [3.8, 4) is 16.9 Å². The van der Waals surface area contributed by atoms with Crippen molar-refractivity contribution >= 4 is 43.2 Å². The van der Waals surface area contributed by atoms with Crippen molar-refractivity contribution in [1.29, 1.82) is 0 Å². The molecule has 0 saturated carbocycles. The summed E-state index contributed by atoms with van der Waals surface area (Å²) in [6, 6.07) is 5.34. The molecule has 0 radical (unpaired) electrons. The minimum Gasteiger partial charge on any atom is -0.471 e. The molecule has 1 N–H and O–H groups in total. The van der Waals surface area contributed by atoms with Gasteiger partial charge in [0.2, 0.25) is 0 Å². The molecule has 8 nitrogen and oxygen atoms in total. The van der Waals surface area contributed by atoms with Crippen LogP contribution in [-0.2, 0) is 10.0 Å². The van der Waals surface area contributed by atoms with Crippen LogP contribution in [0.25, 0.3) is 16.9 Å². The Labute approximate surface area is 177 Å². The number of rotatable bonds is 5. The van der Waals surface area contributed by atoms with E-state index >= 15 is 0 Å². The molecular formula is C17H10BrClFN5O3S. The normalized spacial score (nSPS) is 11.6. The van der Waals surface area contributed by atoms with Gasteiger partial charge >= 0.3 is 0 Å². The summed E-state index contributed by atoms with van der Waals surface area (Å²) in [6.07, 6.45) is 6.94. The zero-order chi connectivity index (χ0) is 20.6. The molecule has 1 aromatic carbocycles. The molecule has 12 heteroatoms. The summed E-state index contributed by atoms with van der Waals surface area (Å²) >= 11 is 9.62. The van der Waals surface area contributed by atoms with Gasteiger partial charge in [0, 0.05) is 22.4 Å². The number of furan rings is 1. The lowest BCUT2D eigenvalue weighted by atomic mass is 10.2. The van der Waals surface area contributed by atoms with Crippen LogP contribution < -0.4 is 4.72 Å². The topological polar surface area (TPSA) is 103 Å². The maximum atomic E-state index is 14.5. The van der Waals surface area contributed by atoms with Crippen LogP contribution in [0.1, 0.15) is 0 Å². The SMILES string of the molecule is O=S(=O)(Nc1ccc(F)c(-n2cc(-c3cncc(Br)c3)nn2)c1Cl)c1ccoc1. The second kappa shape index (κ2) is 7.58. The maximum Gasteiger partial charge on any atom is 0.265 e. The number of benzene rings is 1. The number of hydrogen-bond donors (Lipinski definition) is 1. The molecule has 0 saturated heterocycles. The van der Waals surface area contributed by atoms with Crippen molar-refractivity contribution in [1.82, 2.24) is 20.0 Å². The molecule has 0 fully saturated rings. The summed E-state index contributed by atoms with van der Waals surface area (Å²) in [5.74, 6) is -0.704. The van der Waals surface area contributed by atoms with Gasteiger partial charge in [-0.1, -0.05) is 16.8 Å². The van der Waals surface area contributed by atoms with Crippen molar-refractivity contribution in [2.24, 2.45) is 0 Å². The lowest BCUT2D eigenvalue weighted by Crippen LogP contribution is -2.13. The highest BCUT2D eigenvalue weighted by atomic mass is 79.9. The lowest BCUT2D eigenvalue weighted by Gasteiger charge is -2.12. The number of nitrogens with one attached hydrogen (secondary N) is 1. The predicted octanol–water partition coefficient (Wildman–Crippen LogP) is 4.28. The quantitative estimate of drug-likeness (QED) is 0.441. The van der Waals surface area contributed by atoms with E-state index in [-0.39, 0.29) is 21.3 Å². The Hall–Kier alpha value is -2.76. The minimum atomic E-state index is -3.96. The molecule has 0 spiro atoms. The van der Waals surface area contributed by atoms with Crippen LogP contribution in [0.4, 0.5) is 10.1 Å². The fourth-order valence-corrected chi connectivity index (χ4v) is 4.20. The van der Waals surface area contributed by atoms with Crippen LogP contribution >= 0.6 is 27.5 Å². The van der Waals surface area contributed by atoms with Crippen molar-refractivity contribution in [2.75, 3.05) is 4.72 Å². The first-order chi connectivity index (χ1) is 13.8. The third kappa shape index (κ3) is 3.88. The number of nitrogens with zero attached hydrogens (tertiary/aromatic N) is 4. The van der Waals surface area contributed by atoms with E-state index < -0.39 is 15.8 Å². The molecule has 0 aliphatic rings. The largest absolute Gasteiger partial charge is 0.471 e. The van der Waals surface area contributed by atoms with Gasteiger partial charge in [-0.05, 0) is 40.2 Å². The van der Waals surface area contributed by atoms with Crippen LogP contribution in [-0.4, -0.2) is 28.4 Å². The van der Waals surface area contributed by atoms with E-state index in [1.54, 1.807) is 18.5 Å². The van der Waals surface area contributed by atoms with Gasteiger partial charge in [-0.25, -0.2) is 17.5 Å². The molecule has 0 bridgehead atoms. The number of sulfonamides is 1. The van der Waals surface area contributed by atoms with Crippen LogP contribution in [0, 0.1) is 5.82 Å². The molecule has 0 aliphatic heterocycles. The second-order valence-corrected chi connectivity index (χ2v) is 8.74. The fraction of sp³-hybridized carbons (Fsp3) is 0. The predicted molar refractivity (Wildman–Crippen MR) is 107 cm³/mol. The molecule has 0 atom stereocenters. The maximum absolute atomic E-state index is 14.5. The van der Waals surface area contributed by atoms with Crippen LogP contribution in [0.5, 0.6) is 0 Å². The van der Waals surface area contributed by atoms with Crippen molar-refractivity contribution in [3.63, 3.8) is 0 Å². The molecule has 148 valence electrons. The Morgan fingerprint density at radius 2 is 2.07 bits per heavy atom. The highest BCUT2D eigenvalue weighted by Crippen LogP contribution is 2.33. The molecule has 29 heavy (non-hydrogen) atoms. The minimum absolute atomic E-state index is 0.0227. The third-order valence-electron chi connectivity index (χ3n) is 3.84. The Balaban J connectivity index is 1.73. The van der Waals surface area contributed by atoms with Crippen LogP contribution in [0.15, 0.2) is 69.2 Å². The van der Waals surface area contributed by atoms with E-state index in [1.165, 1.54) is 24.6 Å². The van der Waals surface area contributed by atoms with Crippen molar-refractivity contribution < 1.29 is 17.2 Å². The summed E-state index contributed by atoms with van der Waals surface area (Å²) in [5.41, 5.74) is 0.906. The molecule has 3 aromatic heterocycles. The first-order valence-corrected chi connectivity index (χ1v) is 10.6. The Morgan fingerprint density at radius 1 is 1.24 bits per heavy atom.